The van der Waals surface area contributed by atoms with E-state index in [4.69, 9.17) is 21.1 Å². The summed E-state index contributed by atoms with van der Waals surface area (Å²) in [4.78, 5) is 33.1. The summed E-state index contributed by atoms with van der Waals surface area (Å²) in [6, 6.07) is 7.67. The van der Waals surface area contributed by atoms with Crippen LogP contribution in [-0.4, -0.2) is 23.8 Å². The number of non-ortho nitro benzene ring substituents is 1. The predicted octanol–water partition coefficient (Wildman–Crippen LogP) is 3.68. The van der Waals surface area contributed by atoms with Crippen molar-refractivity contribution in [2.45, 2.75) is 6.92 Å². The molecule has 124 valence electrons. The molecule has 2 rings (SSSR count). The van der Waals surface area contributed by atoms with Crippen molar-refractivity contribution in [3.8, 4) is 11.5 Å². The second-order valence-corrected chi connectivity index (χ2v) is 4.98. The van der Waals surface area contributed by atoms with Crippen molar-refractivity contribution < 1.29 is 24.0 Å². The Kier molecular flexibility index (Phi) is 5.49. The lowest BCUT2D eigenvalue weighted by Gasteiger charge is -2.12. The van der Waals surface area contributed by atoms with Crippen LogP contribution in [0.25, 0.3) is 0 Å². The third kappa shape index (κ3) is 3.88. The highest BCUT2D eigenvalue weighted by Crippen LogP contribution is 2.37. The molecule has 8 heteroatoms. The maximum Gasteiger partial charge on any atom is 0.343 e. The number of carbonyl (C=O) groups excluding carboxylic acids is 2. The smallest absolute Gasteiger partial charge is 0.343 e. The highest BCUT2D eigenvalue weighted by Gasteiger charge is 2.18. The Morgan fingerprint density at radius 3 is 2.50 bits per heavy atom. The molecule has 0 N–H and O–H groups in total. The van der Waals surface area contributed by atoms with Gasteiger partial charge in [0.1, 0.15) is 6.29 Å². The zero-order chi connectivity index (χ0) is 17.7. The van der Waals surface area contributed by atoms with Gasteiger partial charge in [-0.05, 0) is 31.2 Å². The molecule has 0 unspecified atom stereocenters. The Morgan fingerprint density at radius 2 is 1.96 bits per heavy atom. The first-order valence-corrected chi connectivity index (χ1v) is 7.22. The van der Waals surface area contributed by atoms with Crippen molar-refractivity contribution in [1.29, 1.82) is 0 Å². The third-order valence-electron chi connectivity index (χ3n) is 2.98. The van der Waals surface area contributed by atoms with Gasteiger partial charge in [0.05, 0.1) is 22.1 Å². The van der Waals surface area contributed by atoms with Crippen LogP contribution < -0.4 is 9.47 Å². The number of hydrogen-bond donors (Lipinski definition) is 0. The molecule has 0 aromatic heterocycles. The summed E-state index contributed by atoms with van der Waals surface area (Å²) in [5.74, 6) is -0.624. The number of ether oxygens (including phenoxy) is 2. The number of hydrogen-bond acceptors (Lipinski definition) is 6. The second kappa shape index (κ2) is 7.56. The van der Waals surface area contributed by atoms with Gasteiger partial charge in [-0.3, -0.25) is 14.9 Å². The van der Waals surface area contributed by atoms with Gasteiger partial charge in [0.2, 0.25) is 0 Å². The number of halogens is 1. The number of nitro groups is 1. The van der Waals surface area contributed by atoms with E-state index in [0.29, 0.717) is 6.29 Å². The van der Waals surface area contributed by atoms with E-state index >= 15 is 0 Å². The predicted molar refractivity (Wildman–Crippen MR) is 86.1 cm³/mol. The summed E-state index contributed by atoms with van der Waals surface area (Å²) in [5.41, 5.74) is 0.243. The number of nitrogens with zero attached hydrogens (tertiary/aromatic N) is 1. The van der Waals surface area contributed by atoms with Crippen LogP contribution in [0.4, 0.5) is 5.69 Å². The fourth-order valence-electron chi connectivity index (χ4n) is 1.89. The average Bonchev–Trinajstić information content (AvgIpc) is 2.57. The van der Waals surface area contributed by atoms with Crippen LogP contribution in [0.15, 0.2) is 36.4 Å². The molecule has 0 atom stereocenters. The Morgan fingerprint density at radius 1 is 1.29 bits per heavy atom. The van der Waals surface area contributed by atoms with E-state index in [0.717, 1.165) is 0 Å². The molecule has 2 aromatic rings. The van der Waals surface area contributed by atoms with E-state index in [1.807, 2.05) is 0 Å². The van der Waals surface area contributed by atoms with E-state index in [9.17, 15) is 19.7 Å². The fourth-order valence-corrected chi connectivity index (χ4v) is 2.15. The molecule has 0 fully saturated rings. The minimum atomic E-state index is -0.758. The van der Waals surface area contributed by atoms with Gasteiger partial charge >= 0.3 is 5.97 Å². The molecule has 0 bridgehead atoms. The standard InChI is InChI=1S/C16H12ClNO6/c1-2-23-14-8-10(9-19)7-13(17)15(14)24-16(20)11-3-5-12(6-4-11)18(21)22/h3-9H,2H2,1H3. The van der Waals surface area contributed by atoms with Gasteiger partial charge < -0.3 is 9.47 Å². The summed E-state index contributed by atoms with van der Waals surface area (Å²) in [5, 5.41) is 10.7. The van der Waals surface area contributed by atoms with Crippen LogP contribution in [0.5, 0.6) is 11.5 Å². The molecule has 0 radical (unpaired) electrons. The van der Waals surface area contributed by atoms with Gasteiger partial charge in [0.15, 0.2) is 11.5 Å². The summed E-state index contributed by atoms with van der Waals surface area (Å²) < 4.78 is 10.6. The van der Waals surface area contributed by atoms with Gasteiger partial charge in [-0.1, -0.05) is 11.6 Å². The third-order valence-corrected chi connectivity index (χ3v) is 3.26. The highest BCUT2D eigenvalue weighted by atomic mass is 35.5. The van der Waals surface area contributed by atoms with Crippen LogP contribution >= 0.6 is 11.6 Å². The summed E-state index contributed by atoms with van der Waals surface area (Å²) in [6.07, 6.45) is 0.594. The lowest BCUT2D eigenvalue weighted by atomic mass is 10.2. The van der Waals surface area contributed by atoms with Crippen molar-refractivity contribution in [3.63, 3.8) is 0 Å². The maximum atomic E-state index is 12.2. The monoisotopic (exact) mass is 349 g/mol. The molecule has 0 heterocycles. The average molecular weight is 350 g/mol. The number of carbonyl (C=O) groups is 2. The van der Waals surface area contributed by atoms with Crippen molar-refractivity contribution >= 4 is 29.5 Å². The topological polar surface area (TPSA) is 95.7 Å². The molecule has 0 spiro atoms. The van der Waals surface area contributed by atoms with Gasteiger partial charge in [0, 0.05) is 17.7 Å². The van der Waals surface area contributed by atoms with Gasteiger partial charge in [-0.25, -0.2) is 4.79 Å². The van der Waals surface area contributed by atoms with Gasteiger partial charge in [-0.15, -0.1) is 0 Å². The van der Waals surface area contributed by atoms with Crippen molar-refractivity contribution in [2.24, 2.45) is 0 Å². The van der Waals surface area contributed by atoms with Crippen LogP contribution in [0.2, 0.25) is 5.02 Å². The van der Waals surface area contributed by atoms with E-state index < -0.39 is 10.9 Å². The first kappa shape index (κ1) is 17.4. The quantitative estimate of drug-likeness (QED) is 0.259. The molecule has 2 aromatic carbocycles. The van der Waals surface area contributed by atoms with Crippen LogP contribution in [0.1, 0.15) is 27.6 Å². The Balaban J connectivity index is 2.30. The Labute approximate surface area is 141 Å². The Hall–Kier alpha value is -2.93. The van der Waals surface area contributed by atoms with E-state index in [1.54, 1.807) is 6.92 Å². The minimum Gasteiger partial charge on any atom is -0.490 e. The van der Waals surface area contributed by atoms with E-state index in [1.165, 1.54) is 36.4 Å². The molecule has 0 aliphatic rings. The molecule has 0 saturated carbocycles. The maximum absolute atomic E-state index is 12.2. The summed E-state index contributed by atoms with van der Waals surface area (Å²) in [7, 11) is 0. The van der Waals surface area contributed by atoms with Crippen LogP contribution in [0.3, 0.4) is 0 Å². The fraction of sp³-hybridized carbons (Fsp3) is 0.125. The number of rotatable bonds is 6. The molecular weight excluding hydrogens is 338 g/mol. The zero-order valence-corrected chi connectivity index (χ0v) is 13.3. The normalized spacial score (nSPS) is 10.1. The number of aldehydes is 1. The SMILES string of the molecule is CCOc1cc(C=O)cc(Cl)c1OC(=O)c1ccc([N+](=O)[O-])cc1. The molecule has 0 aliphatic heterocycles. The minimum absolute atomic E-state index is 0.0209. The van der Waals surface area contributed by atoms with Gasteiger partial charge in [-0.2, -0.15) is 0 Å². The molecule has 0 amide bonds. The Bertz CT molecular complexity index is 788. The van der Waals surface area contributed by atoms with Crippen molar-refractivity contribution in [2.75, 3.05) is 6.61 Å². The second-order valence-electron chi connectivity index (χ2n) is 4.57. The molecule has 0 saturated heterocycles. The van der Waals surface area contributed by atoms with Crippen LogP contribution in [-0.2, 0) is 0 Å². The van der Waals surface area contributed by atoms with E-state index in [2.05, 4.69) is 0 Å². The number of esters is 1. The molecule has 7 nitrogen and oxygen atoms in total. The van der Waals surface area contributed by atoms with E-state index in [-0.39, 0.29) is 39.9 Å². The lowest BCUT2D eigenvalue weighted by Crippen LogP contribution is -2.10. The van der Waals surface area contributed by atoms with Crippen molar-refractivity contribution in [1.82, 2.24) is 0 Å². The molecule has 0 aliphatic carbocycles. The van der Waals surface area contributed by atoms with Crippen LogP contribution in [0, 0.1) is 10.1 Å². The summed E-state index contributed by atoms with van der Waals surface area (Å²) in [6.45, 7) is 2.00. The zero-order valence-electron chi connectivity index (χ0n) is 12.5. The lowest BCUT2D eigenvalue weighted by molar-refractivity contribution is -0.384. The number of benzene rings is 2. The van der Waals surface area contributed by atoms with Gasteiger partial charge in [0.25, 0.3) is 5.69 Å². The largest absolute Gasteiger partial charge is 0.490 e. The first-order chi connectivity index (χ1) is 11.5. The first-order valence-electron chi connectivity index (χ1n) is 6.84. The highest BCUT2D eigenvalue weighted by molar-refractivity contribution is 6.32. The molecule has 24 heavy (non-hydrogen) atoms. The summed E-state index contributed by atoms with van der Waals surface area (Å²) >= 11 is 6.04. The number of nitro benzene ring substituents is 1. The van der Waals surface area contributed by atoms with Crippen molar-refractivity contribution in [3.05, 3.63) is 62.7 Å². The molecular formula is C16H12ClNO6.